The van der Waals surface area contributed by atoms with Crippen molar-refractivity contribution in [2.45, 2.75) is 18.9 Å². The first-order valence-electron chi connectivity index (χ1n) is 4.13. The third-order valence-electron chi connectivity index (χ3n) is 2.12. The average Bonchev–Trinajstić information content (AvgIpc) is 2.08. The molecule has 0 spiro atoms. The first-order valence-corrected chi connectivity index (χ1v) is 5.28. The fourth-order valence-corrected chi connectivity index (χ4v) is 1.58. The highest BCUT2D eigenvalue weighted by atomic mass is 28.1. The minimum absolute atomic E-state index is 0.0106. The van der Waals surface area contributed by atoms with E-state index in [1.807, 2.05) is 6.92 Å². The van der Waals surface area contributed by atoms with Gasteiger partial charge in [-0.25, -0.2) is 0 Å². The maximum atomic E-state index is 11.3. The number of allylic oxidation sites excluding steroid dienone is 4. The second kappa shape index (κ2) is 3.63. The predicted octanol–water partition coefficient (Wildman–Crippen LogP) is 0.185. The molecule has 0 fully saturated rings. The standard InChI is InChI=1S/C9H12O2Si/c1-2-9(12)7-5-6(10)3-4-8(7)11/h3-5,9H,2H2,1,12H3. The van der Waals surface area contributed by atoms with E-state index in [2.05, 4.69) is 0 Å². The van der Waals surface area contributed by atoms with Crippen LogP contribution in [0.4, 0.5) is 0 Å². The van der Waals surface area contributed by atoms with Gasteiger partial charge in [0.05, 0.1) is 0 Å². The summed E-state index contributed by atoms with van der Waals surface area (Å²) in [7, 11) is 0.935. The van der Waals surface area contributed by atoms with Crippen molar-refractivity contribution in [3.8, 4) is 0 Å². The van der Waals surface area contributed by atoms with Crippen molar-refractivity contribution in [1.82, 2.24) is 0 Å². The van der Waals surface area contributed by atoms with Gasteiger partial charge in [-0.2, -0.15) is 0 Å². The molecule has 3 heteroatoms. The van der Waals surface area contributed by atoms with Crippen LogP contribution in [0.2, 0.25) is 5.54 Å². The van der Waals surface area contributed by atoms with Gasteiger partial charge in [-0.1, -0.05) is 13.3 Å². The van der Waals surface area contributed by atoms with Crippen LogP contribution >= 0.6 is 0 Å². The predicted molar refractivity (Wildman–Crippen MR) is 51.2 cm³/mol. The van der Waals surface area contributed by atoms with Crippen LogP contribution in [0.25, 0.3) is 0 Å². The van der Waals surface area contributed by atoms with Gasteiger partial charge < -0.3 is 0 Å². The van der Waals surface area contributed by atoms with Crippen molar-refractivity contribution >= 4 is 21.8 Å². The Morgan fingerprint density at radius 2 is 2.08 bits per heavy atom. The van der Waals surface area contributed by atoms with Crippen molar-refractivity contribution in [2.75, 3.05) is 0 Å². The van der Waals surface area contributed by atoms with E-state index in [-0.39, 0.29) is 11.6 Å². The zero-order valence-corrected chi connectivity index (χ0v) is 9.33. The summed E-state index contributed by atoms with van der Waals surface area (Å²) in [6, 6.07) is 0. The lowest BCUT2D eigenvalue weighted by atomic mass is 9.99. The molecule has 0 aliphatic heterocycles. The first kappa shape index (κ1) is 9.13. The highest BCUT2D eigenvalue weighted by Crippen LogP contribution is 2.21. The van der Waals surface area contributed by atoms with Gasteiger partial charge in [-0.15, -0.1) is 0 Å². The van der Waals surface area contributed by atoms with E-state index in [1.165, 1.54) is 18.2 Å². The van der Waals surface area contributed by atoms with Gasteiger partial charge in [0.15, 0.2) is 11.6 Å². The Morgan fingerprint density at radius 3 is 2.67 bits per heavy atom. The third kappa shape index (κ3) is 1.79. The monoisotopic (exact) mass is 180 g/mol. The van der Waals surface area contributed by atoms with Gasteiger partial charge in [0, 0.05) is 15.8 Å². The Bertz CT molecular complexity index is 276. The molecule has 12 heavy (non-hydrogen) atoms. The molecule has 0 amide bonds. The summed E-state index contributed by atoms with van der Waals surface area (Å²) in [6.45, 7) is 2.04. The summed E-state index contributed by atoms with van der Waals surface area (Å²) in [5.41, 5.74) is 1.03. The van der Waals surface area contributed by atoms with Crippen molar-refractivity contribution in [1.29, 1.82) is 0 Å². The van der Waals surface area contributed by atoms with Crippen molar-refractivity contribution < 1.29 is 9.59 Å². The second-order valence-corrected chi connectivity index (χ2v) is 4.40. The highest BCUT2D eigenvalue weighted by molar-refractivity contribution is 6.25. The molecule has 0 N–H and O–H groups in total. The van der Waals surface area contributed by atoms with Gasteiger partial charge in [0.1, 0.15) is 0 Å². The van der Waals surface area contributed by atoms with E-state index in [1.54, 1.807) is 0 Å². The lowest BCUT2D eigenvalue weighted by molar-refractivity contribution is -0.114. The number of carbonyl (C=O) groups is 2. The zero-order valence-electron chi connectivity index (χ0n) is 7.33. The van der Waals surface area contributed by atoms with Crippen LogP contribution in [-0.4, -0.2) is 21.8 Å². The van der Waals surface area contributed by atoms with Crippen LogP contribution in [-0.2, 0) is 9.59 Å². The molecule has 1 unspecified atom stereocenters. The normalized spacial score (nSPS) is 19.6. The first-order chi connectivity index (χ1) is 5.65. The number of ketones is 2. The molecular weight excluding hydrogens is 168 g/mol. The molecule has 0 aromatic rings. The molecule has 1 atom stereocenters. The molecule has 0 saturated heterocycles. The second-order valence-electron chi connectivity index (χ2n) is 3.01. The van der Waals surface area contributed by atoms with E-state index < -0.39 is 0 Å². The van der Waals surface area contributed by atoms with E-state index in [0.717, 1.165) is 16.7 Å². The summed E-state index contributed by atoms with van der Waals surface area (Å²) in [4.78, 5) is 22.2. The summed E-state index contributed by atoms with van der Waals surface area (Å²) in [6.07, 6.45) is 5.13. The maximum Gasteiger partial charge on any atom is 0.182 e. The number of hydrogen-bond acceptors (Lipinski definition) is 2. The SMILES string of the molecule is CCC([SiH3])C1=CC(=O)C=CC1=O. The molecule has 0 saturated carbocycles. The van der Waals surface area contributed by atoms with Crippen LogP contribution in [0, 0.1) is 0 Å². The molecule has 64 valence electrons. The van der Waals surface area contributed by atoms with E-state index in [0.29, 0.717) is 11.1 Å². The number of hydrogen-bond donors (Lipinski definition) is 0. The van der Waals surface area contributed by atoms with E-state index >= 15 is 0 Å². The number of rotatable bonds is 2. The van der Waals surface area contributed by atoms with Crippen LogP contribution < -0.4 is 0 Å². The van der Waals surface area contributed by atoms with E-state index in [4.69, 9.17) is 0 Å². The molecule has 0 aromatic carbocycles. The Kier molecular flexibility index (Phi) is 2.76. The largest absolute Gasteiger partial charge is 0.290 e. The van der Waals surface area contributed by atoms with Gasteiger partial charge in [0.25, 0.3) is 0 Å². The van der Waals surface area contributed by atoms with Crippen molar-refractivity contribution in [3.05, 3.63) is 23.8 Å². The molecule has 1 aliphatic rings. The van der Waals surface area contributed by atoms with Gasteiger partial charge in [-0.05, 0) is 23.8 Å². The summed E-state index contributed by atoms with van der Waals surface area (Å²) in [5.74, 6) is -0.0460. The Hall–Kier alpha value is -0.963. The third-order valence-corrected chi connectivity index (χ3v) is 3.56. The Balaban J connectivity index is 2.88. The average molecular weight is 180 g/mol. The molecule has 0 heterocycles. The molecule has 1 rings (SSSR count). The van der Waals surface area contributed by atoms with Crippen molar-refractivity contribution in [3.63, 3.8) is 0 Å². The summed E-state index contributed by atoms with van der Waals surface area (Å²) < 4.78 is 0. The molecule has 2 nitrogen and oxygen atoms in total. The van der Waals surface area contributed by atoms with Crippen LogP contribution in [0.15, 0.2) is 23.8 Å². The Morgan fingerprint density at radius 1 is 1.42 bits per heavy atom. The topological polar surface area (TPSA) is 34.1 Å². The van der Waals surface area contributed by atoms with Crippen LogP contribution in [0.5, 0.6) is 0 Å². The molecule has 0 aromatic heterocycles. The molecule has 0 radical (unpaired) electrons. The molecular formula is C9H12O2Si. The molecule has 0 bridgehead atoms. The van der Waals surface area contributed by atoms with Crippen LogP contribution in [0.1, 0.15) is 13.3 Å². The lowest BCUT2D eigenvalue weighted by Crippen LogP contribution is -2.12. The summed E-state index contributed by atoms with van der Waals surface area (Å²) in [5, 5.41) is 0. The fourth-order valence-electron chi connectivity index (χ4n) is 1.13. The highest BCUT2D eigenvalue weighted by Gasteiger charge is 2.17. The van der Waals surface area contributed by atoms with Gasteiger partial charge in [0.2, 0.25) is 0 Å². The maximum absolute atomic E-state index is 11.3. The number of carbonyl (C=O) groups excluding carboxylic acids is 2. The minimum atomic E-state index is -0.0566. The fraction of sp³-hybridized carbons (Fsp3) is 0.333. The van der Waals surface area contributed by atoms with E-state index in [9.17, 15) is 9.59 Å². The minimum Gasteiger partial charge on any atom is -0.290 e. The quantitative estimate of drug-likeness (QED) is 0.449. The molecule has 1 aliphatic carbocycles. The van der Waals surface area contributed by atoms with Crippen LogP contribution in [0.3, 0.4) is 0 Å². The van der Waals surface area contributed by atoms with Gasteiger partial charge >= 0.3 is 0 Å². The Labute approximate surface area is 74.8 Å². The lowest BCUT2D eigenvalue weighted by Gasteiger charge is -2.12. The zero-order chi connectivity index (χ0) is 9.14. The van der Waals surface area contributed by atoms with Gasteiger partial charge in [-0.3, -0.25) is 9.59 Å². The smallest absolute Gasteiger partial charge is 0.182 e. The van der Waals surface area contributed by atoms with Crippen molar-refractivity contribution in [2.24, 2.45) is 0 Å². The summed E-state index contributed by atoms with van der Waals surface area (Å²) >= 11 is 0.